The van der Waals surface area contributed by atoms with Crippen LogP contribution in [0.3, 0.4) is 0 Å². The highest BCUT2D eigenvalue weighted by Gasteiger charge is 2.32. The molecule has 3 rings (SSSR count). The van der Waals surface area contributed by atoms with Crippen molar-refractivity contribution in [2.75, 3.05) is 0 Å². The third-order valence-corrected chi connectivity index (χ3v) is 5.58. The molecule has 23 heavy (non-hydrogen) atoms. The summed E-state index contributed by atoms with van der Waals surface area (Å²) in [6, 6.07) is 12.6. The van der Waals surface area contributed by atoms with Gasteiger partial charge in [0.25, 0.3) is 0 Å². The standard InChI is InChI=1S/C19H18O3S/c1-3-19(22,4-2)18(21)12-9-10-16-14(11-12)17(20)13-7-5-6-8-15(13)23-16/h5-11,22H,3-4H2,1-2H3. The Morgan fingerprint density at radius 1 is 1.04 bits per heavy atom. The minimum absolute atomic E-state index is 0.0689. The van der Waals surface area contributed by atoms with Crippen molar-refractivity contribution < 1.29 is 9.90 Å². The molecule has 3 nitrogen and oxygen atoms in total. The number of ketones is 1. The number of Topliss-reactive ketones (excluding diaryl/α,β-unsaturated/α-hetero) is 1. The third kappa shape index (κ3) is 2.58. The van der Waals surface area contributed by atoms with Crippen LogP contribution < -0.4 is 5.43 Å². The molecular formula is C19H18O3S. The number of rotatable bonds is 4. The molecule has 0 fully saturated rings. The smallest absolute Gasteiger partial charge is 0.195 e. The fourth-order valence-electron chi connectivity index (χ4n) is 2.78. The van der Waals surface area contributed by atoms with Crippen LogP contribution in [0.2, 0.25) is 0 Å². The Hall–Kier alpha value is -2.04. The lowest BCUT2D eigenvalue weighted by Crippen LogP contribution is -2.37. The maximum absolute atomic E-state index is 12.7. The molecule has 0 saturated heterocycles. The third-order valence-electron chi connectivity index (χ3n) is 4.43. The molecule has 2 aromatic carbocycles. The zero-order valence-electron chi connectivity index (χ0n) is 13.1. The molecule has 1 heterocycles. The summed E-state index contributed by atoms with van der Waals surface area (Å²) in [6.07, 6.45) is 0.704. The van der Waals surface area contributed by atoms with E-state index in [2.05, 4.69) is 0 Å². The van der Waals surface area contributed by atoms with Crippen LogP contribution in [0.25, 0.3) is 20.2 Å². The van der Waals surface area contributed by atoms with Crippen molar-refractivity contribution in [3.63, 3.8) is 0 Å². The number of benzene rings is 2. The highest BCUT2D eigenvalue weighted by molar-refractivity contribution is 7.24. The predicted octanol–water partition coefficient (Wildman–Crippen LogP) is 4.15. The van der Waals surface area contributed by atoms with Gasteiger partial charge in [0.05, 0.1) is 0 Å². The summed E-state index contributed by atoms with van der Waals surface area (Å²) in [4.78, 5) is 25.3. The maximum Gasteiger partial charge on any atom is 0.195 e. The number of fused-ring (bicyclic) bond motifs is 2. The fraction of sp³-hybridized carbons (Fsp3) is 0.263. The van der Waals surface area contributed by atoms with Crippen LogP contribution in [0, 0.1) is 0 Å². The molecule has 0 amide bonds. The van der Waals surface area contributed by atoms with Crippen LogP contribution in [-0.4, -0.2) is 16.5 Å². The van der Waals surface area contributed by atoms with E-state index in [0.717, 1.165) is 9.40 Å². The van der Waals surface area contributed by atoms with E-state index in [1.165, 1.54) is 11.3 Å². The summed E-state index contributed by atoms with van der Waals surface area (Å²) in [7, 11) is 0. The zero-order chi connectivity index (χ0) is 16.6. The summed E-state index contributed by atoms with van der Waals surface area (Å²) in [6.45, 7) is 3.58. The lowest BCUT2D eigenvalue weighted by atomic mass is 9.88. The van der Waals surface area contributed by atoms with Gasteiger partial charge in [-0.2, -0.15) is 0 Å². The normalized spacial score (nSPS) is 12.0. The number of aliphatic hydroxyl groups is 1. The maximum atomic E-state index is 12.7. The molecule has 0 saturated carbocycles. The second-order valence-electron chi connectivity index (χ2n) is 5.71. The summed E-state index contributed by atoms with van der Waals surface area (Å²) in [5, 5.41) is 11.6. The molecule has 0 bridgehead atoms. The van der Waals surface area contributed by atoms with Crippen LogP contribution in [0.1, 0.15) is 37.0 Å². The fourth-order valence-corrected chi connectivity index (χ4v) is 3.84. The van der Waals surface area contributed by atoms with E-state index in [1.807, 2.05) is 18.2 Å². The van der Waals surface area contributed by atoms with Gasteiger partial charge < -0.3 is 5.11 Å². The molecule has 0 aliphatic rings. The van der Waals surface area contributed by atoms with E-state index < -0.39 is 5.60 Å². The predicted molar refractivity (Wildman–Crippen MR) is 95.5 cm³/mol. The van der Waals surface area contributed by atoms with Gasteiger partial charge in [-0.25, -0.2) is 0 Å². The highest BCUT2D eigenvalue weighted by atomic mass is 32.1. The summed E-state index contributed by atoms with van der Waals surface area (Å²) in [5.74, 6) is -0.318. The molecule has 1 aromatic heterocycles. The molecule has 0 aliphatic carbocycles. The Labute approximate surface area is 138 Å². The molecule has 3 aromatic rings. The van der Waals surface area contributed by atoms with Gasteiger partial charge in [0, 0.05) is 25.7 Å². The molecule has 4 heteroatoms. The van der Waals surface area contributed by atoms with Crippen molar-refractivity contribution in [1.29, 1.82) is 0 Å². The van der Waals surface area contributed by atoms with Gasteiger partial charge in [-0.05, 0) is 43.2 Å². The summed E-state index contributed by atoms with van der Waals surface area (Å²) in [5.41, 5.74) is -1.04. The summed E-state index contributed by atoms with van der Waals surface area (Å²) < 4.78 is 1.78. The first kappa shape index (κ1) is 15.8. The molecule has 118 valence electrons. The minimum Gasteiger partial charge on any atom is -0.382 e. The molecule has 0 unspecified atom stereocenters. The molecule has 0 atom stereocenters. The molecular weight excluding hydrogens is 308 g/mol. The van der Waals surface area contributed by atoms with Crippen molar-refractivity contribution in [3.05, 3.63) is 58.3 Å². The van der Waals surface area contributed by atoms with Gasteiger partial charge >= 0.3 is 0 Å². The van der Waals surface area contributed by atoms with Crippen LogP contribution >= 0.6 is 11.3 Å². The van der Waals surface area contributed by atoms with Crippen LogP contribution in [0.4, 0.5) is 0 Å². The average Bonchev–Trinajstić information content (AvgIpc) is 2.60. The molecule has 0 radical (unpaired) electrons. The monoisotopic (exact) mass is 326 g/mol. The molecule has 1 N–H and O–H groups in total. The van der Waals surface area contributed by atoms with Crippen molar-refractivity contribution in [2.24, 2.45) is 0 Å². The second-order valence-corrected chi connectivity index (χ2v) is 6.79. The largest absolute Gasteiger partial charge is 0.382 e. The Morgan fingerprint density at radius 2 is 1.70 bits per heavy atom. The first-order valence-corrected chi connectivity index (χ1v) is 8.54. The Balaban J connectivity index is 2.23. The van der Waals surface area contributed by atoms with Gasteiger partial charge in [-0.3, -0.25) is 9.59 Å². The van der Waals surface area contributed by atoms with E-state index in [0.29, 0.717) is 29.2 Å². The van der Waals surface area contributed by atoms with E-state index >= 15 is 0 Å². The first-order chi connectivity index (χ1) is 11.0. The lowest BCUT2D eigenvalue weighted by Gasteiger charge is -2.23. The second kappa shape index (κ2) is 5.87. The highest BCUT2D eigenvalue weighted by Crippen LogP contribution is 2.27. The Kier molecular flexibility index (Phi) is 4.04. The number of carbonyl (C=O) groups excluding carboxylic acids is 1. The van der Waals surface area contributed by atoms with Gasteiger partial charge in [-0.15, -0.1) is 11.3 Å². The van der Waals surface area contributed by atoms with E-state index in [1.54, 1.807) is 38.1 Å². The van der Waals surface area contributed by atoms with E-state index in [4.69, 9.17) is 0 Å². The van der Waals surface area contributed by atoms with Crippen LogP contribution in [0.5, 0.6) is 0 Å². The zero-order valence-corrected chi connectivity index (χ0v) is 13.9. The van der Waals surface area contributed by atoms with Crippen LogP contribution in [-0.2, 0) is 0 Å². The van der Waals surface area contributed by atoms with E-state index in [-0.39, 0.29) is 11.2 Å². The van der Waals surface area contributed by atoms with Gasteiger partial charge in [0.2, 0.25) is 0 Å². The molecule has 0 aliphatic heterocycles. The number of hydrogen-bond acceptors (Lipinski definition) is 4. The quantitative estimate of drug-likeness (QED) is 0.579. The first-order valence-electron chi connectivity index (χ1n) is 7.73. The topological polar surface area (TPSA) is 54.4 Å². The Bertz CT molecular complexity index is 952. The number of carbonyl (C=O) groups is 1. The van der Waals surface area contributed by atoms with Gasteiger partial charge in [-0.1, -0.05) is 26.0 Å². The van der Waals surface area contributed by atoms with E-state index in [9.17, 15) is 14.7 Å². The van der Waals surface area contributed by atoms with Crippen molar-refractivity contribution in [1.82, 2.24) is 0 Å². The average molecular weight is 326 g/mol. The minimum atomic E-state index is -1.36. The van der Waals surface area contributed by atoms with Gasteiger partial charge in [0.1, 0.15) is 5.60 Å². The summed E-state index contributed by atoms with van der Waals surface area (Å²) >= 11 is 1.53. The SMILES string of the molecule is CCC(O)(CC)C(=O)c1ccc2sc3ccccc3c(=O)c2c1. The lowest BCUT2D eigenvalue weighted by molar-refractivity contribution is 0.0278. The van der Waals surface area contributed by atoms with Crippen molar-refractivity contribution in [2.45, 2.75) is 32.3 Å². The van der Waals surface area contributed by atoms with Gasteiger partial charge in [0.15, 0.2) is 11.2 Å². The number of hydrogen-bond donors (Lipinski definition) is 1. The molecule has 0 spiro atoms. The van der Waals surface area contributed by atoms with Crippen LogP contribution in [0.15, 0.2) is 47.3 Å². The van der Waals surface area contributed by atoms with Crippen molar-refractivity contribution >= 4 is 37.3 Å². The van der Waals surface area contributed by atoms with Crippen molar-refractivity contribution in [3.8, 4) is 0 Å². The Morgan fingerprint density at radius 3 is 2.39 bits per heavy atom.